The van der Waals surface area contributed by atoms with E-state index in [0.29, 0.717) is 28.0 Å². The van der Waals surface area contributed by atoms with Crippen molar-refractivity contribution in [2.75, 3.05) is 12.0 Å². The highest BCUT2D eigenvalue weighted by atomic mass is 19.1. The fraction of sp³-hybridized carbons (Fsp3) is 0.286. The molecule has 1 aliphatic rings. The van der Waals surface area contributed by atoms with E-state index in [4.69, 9.17) is 4.74 Å². The summed E-state index contributed by atoms with van der Waals surface area (Å²) >= 11 is 0. The van der Waals surface area contributed by atoms with Gasteiger partial charge in [0.15, 0.2) is 0 Å². The van der Waals surface area contributed by atoms with E-state index in [-0.39, 0.29) is 24.4 Å². The number of ether oxygens (including phenoxy) is 1. The zero-order valence-corrected chi connectivity index (χ0v) is 20.5. The molecular weight excluding hydrogens is 473 g/mol. The maximum absolute atomic E-state index is 14.0. The molecule has 2 amide bonds. The smallest absolute Gasteiger partial charge is 0.249 e. The van der Waals surface area contributed by atoms with Gasteiger partial charge in [0.2, 0.25) is 11.8 Å². The second-order valence-corrected chi connectivity index (χ2v) is 9.15. The number of halogens is 1. The third kappa shape index (κ3) is 5.30. The van der Waals surface area contributed by atoms with Gasteiger partial charge in [-0.2, -0.15) is 0 Å². The molecule has 0 spiro atoms. The van der Waals surface area contributed by atoms with Crippen LogP contribution in [-0.4, -0.2) is 40.0 Å². The number of rotatable bonds is 8. The molecule has 1 fully saturated rings. The molecule has 5 rings (SSSR count). The lowest BCUT2D eigenvalue weighted by molar-refractivity contribution is -0.127. The molecule has 8 nitrogen and oxygen atoms in total. The number of nitrogens with zero attached hydrogens (tertiary/aromatic N) is 4. The molecule has 1 N–H and O–H groups in total. The Morgan fingerprint density at radius 1 is 1.08 bits per heavy atom. The van der Waals surface area contributed by atoms with Crippen molar-refractivity contribution in [1.82, 2.24) is 20.3 Å². The van der Waals surface area contributed by atoms with E-state index < -0.39 is 11.9 Å². The summed E-state index contributed by atoms with van der Waals surface area (Å²) < 4.78 is 20.8. The van der Waals surface area contributed by atoms with E-state index in [1.807, 2.05) is 24.3 Å². The molecule has 190 valence electrons. The van der Waals surface area contributed by atoms with Crippen LogP contribution in [0, 0.1) is 5.82 Å². The molecule has 0 saturated heterocycles. The van der Waals surface area contributed by atoms with Gasteiger partial charge >= 0.3 is 0 Å². The normalized spacial score (nSPS) is 14.4. The topological polar surface area (TPSA) is 89.3 Å². The Labute approximate surface area is 214 Å². The predicted molar refractivity (Wildman–Crippen MR) is 138 cm³/mol. The Bertz CT molecular complexity index is 1400. The molecule has 1 heterocycles. The van der Waals surface area contributed by atoms with Crippen molar-refractivity contribution in [2.24, 2.45) is 0 Å². The van der Waals surface area contributed by atoms with Gasteiger partial charge in [-0.15, -0.1) is 5.10 Å². The number of nitrogens with one attached hydrogen (secondary N) is 1. The van der Waals surface area contributed by atoms with Crippen LogP contribution < -0.4 is 15.0 Å². The number of anilines is 1. The Kier molecular flexibility index (Phi) is 7.11. The van der Waals surface area contributed by atoms with Crippen LogP contribution in [0.3, 0.4) is 0 Å². The fourth-order valence-electron chi connectivity index (χ4n) is 4.85. The number of fused-ring (bicyclic) bond motifs is 1. The van der Waals surface area contributed by atoms with Crippen molar-refractivity contribution in [3.8, 4) is 5.75 Å². The van der Waals surface area contributed by atoms with Gasteiger partial charge in [0.1, 0.15) is 29.7 Å². The van der Waals surface area contributed by atoms with E-state index in [9.17, 15) is 14.0 Å². The van der Waals surface area contributed by atoms with Crippen molar-refractivity contribution in [3.05, 3.63) is 84.2 Å². The summed E-state index contributed by atoms with van der Waals surface area (Å²) in [6.07, 6.45) is 3.87. The summed E-state index contributed by atoms with van der Waals surface area (Å²) in [4.78, 5) is 29.3. The molecule has 1 saturated carbocycles. The minimum absolute atomic E-state index is 0.0389. The molecular formula is C28H28FN5O3. The van der Waals surface area contributed by atoms with Gasteiger partial charge in [-0.3, -0.25) is 14.5 Å². The molecule has 4 aromatic rings. The minimum Gasteiger partial charge on any atom is -0.497 e. The number of amides is 2. The van der Waals surface area contributed by atoms with Crippen LogP contribution in [0.1, 0.15) is 37.3 Å². The van der Waals surface area contributed by atoms with Gasteiger partial charge < -0.3 is 10.1 Å². The van der Waals surface area contributed by atoms with Crippen molar-refractivity contribution in [1.29, 1.82) is 0 Å². The number of benzene rings is 3. The first-order valence-electron chi connectivity index (χ1n) is 12.3. The van der Waals surface area contributed by atoms with Gasteiger partial charge in [-0.05, 0) is 54.8 Å². The number of hydrogen-bond donors (Lipinski definition) is 1. The SMILES string of the molecule is COc1cccc(N(C(=O)Cn2nnc3ccccc32)[C@@H](C(=O)NC2CCCC2)c2ccc(F)cc2)c1. The van der Waals surface area contributed by atoms with Crippen LogP contribution in [0.2, 0.25) is 0 Å². The highest BCUT2D eigenvalue weighted by Crippen LogP contribution is 2.32. The number of para-hydroxylation sites is 1. The number of carbonyl (C=O) groups is 2. The van der Waals surface area contributed by atoms with Crippen LogP contribution in [0.5, 0.6) is 5.75 Å². The summed E-state index contributed by atoms with van der Waals surface area (Å²) in [5.74, 6) is -0.583. The molecule has 1 aromatic heterocycles. The Hall–Kier alpha value is -4.27. The largest absolute Gasteiger partial charge is 0.497 e. The second kappa shape index (κ2) is 10.8. The zero-order chi connectivity index (χ0) is 25.8. The molecule has 1 atom stereocenters. The van der Waals surface area contributed by atoms with Crippen molar-refractivity contribution < 1.29 is 18.7 Å². The monoisotopic (exact) mass is 501 g/mol. The van der Waals surface area contributed by atoms with Crippen molar-refractivity contribution >= 4 is 28.5 Å². The molecule has 1 aliphatic carbocycles. The summed E-state index contributed by atoms with van der Waals surface area (Å²) in [5.41, 5.74) is 2.34. The fourth-order valence-corrected chi connectivity index (χ4v) is 4.85. The van der Waals surface area contributed by atoms with Crippen molar-refractivity contribution in [2.45, 2.75) is 44.3 Å². The molecule has 9 heteroatoms. The third-order valence-corrected chi connectivity index (χ3v) is 6.70. The second-order valence-electron chi connectivity index (χ2n) is 9.15. The first-order valence-corrected chi connectivity index (χ1v) is 12.3. The summed E-state index contributed by atoms with van der Waals surface area (Å²) in [5, 5.41) is 11.4. The summed E-state index contributed by atoms with van der Waals surface area (Å²) in [7, 11) is 1.54. The van der Waals surface area contributed by atoms with Crippen molar-refractivity contribution in [3.63, 3.8) is 0 Å². The average Bonchev–Trinajstić information content (AvgIpc) is 3.58. The Morgan fingerprint density at radius 2 is 1.84 bits per heavy atom. The Morgan fingerprint density at radius 3 is 2.59 bits per heavy atom. The third-order valence-electron chi connectivity index (χ3n) is 6.70. The summed E-state index contributed by atoms with van der Waals surface area (Å²) in [6.45, 7) is -0.147. The average molecular weight is 502 g/mol. The van der Waals surface area contributed by atoms with Gasteiger partial charge in [0, 0.05) is 17.8 Å². The molecule has 0 radical (unpaired) electrons. The number of hydrogen-bond acceptors (Lipinski definition) is 5. The first-order chi connectivity index (χ1) is 18.0. The first kappa shape index (κ1) is 24.4. The highest BCUT2D eigenvalue weighted by molar-refractivity contribution is 6.01. The molecule has 0 aliphatic heterocycles. The molecule has 0 unspecified atom stereocenters. The van der Waals surface area contributed by atoms with E-state index in [2.05, 4.69) is 15.6 Å². The van der Waals surface area contributed by atoms with Crippen LogP contribution in [0.15, 0.2) is 72.8 Å². The lowest BCUT2D eigenvalue weighted by Gasteiger charge is -2.32. The number of carbonyl (C=O) groups excluding carboxylic acids is 2. The van der Waals surface area contributed by atoms with Gasteiger partial charge in [0.05, 0.1) is 12.6 Å². The van der Waals surface area contributed by atoms with Gasteiger partial charge in [0.25, 0.3) is 0 Å². The standard InChI is InChI=1S/C28H28FN5O3/c1-37-23-10-6-9-22(17-23)34(26(35)18-33-25-12-5-4-11-24(25)31-32-33)27(19-13-15-20(29)16-14-19)28(36)30-21-7-2-3-8-21/h4-6,9-17,21,27H,2-3,7-8,18H2,1H3,(H,30,36)/t27-/m1/s1. The van der Waals surface area contributed by atoms with Crippen LogP contribution in [0.25, 0.3) is 11.0 Å². The highest BCUT2D eigenvalue weighted by Gasteiger charge is 2.35. The van der Waals surface area contributed by atoms with Gasteiger partial charge in [-0.25, -0.2) is 9.07 Å². The lowest BCUT2D eigenvalue weighted by Crippen LogP contribution is -2.47. The molecule has 3 aromatic carbocycles. The van der Waals surface area contributed by atoms with E-state index in [0.717, 1.165) is 25.7 Å². The molecule has 0 bridgehead atoms. The van der Waals surface area contributed by atoms with Gasteiger partial charge in [-0.1, -0.05) is 48.4 Å². The van der Waals surface area contributed by atoms with E-state index in [1.54, 1.807) is 36.4 Å². The van der Waals surface area contributed by atoms with E-state index in [1.165, 1.54) is 28.8 Å². The zero-order valence-electron chi connectivity index (χ0n) is 20.5. The predicted octanol–water partition coefficient (Wildman–Crippen LogP) is 4.41. The van der Waals surface area contributed by atoms with Crippen LogP contribution in [0.4, 0.5) is 10.1 Å². The van der Waals surface area contributed by atoms with Crippen LogP contribution in [-0.2, 0) is 16.1 Å². The number of methoxy groups -OCH3 is 1. The molecule has 37 heavy (non-hydrogen) atoms. The summed E-state index contributed by atoms with van der Waals surface area (Å²) in [6, 6.07) is 19.0. The maximum atomic E-state index is 14.0. The quantitative estimate of drug-likeness (QED) is 0.386. The van der Waals surface area contributed by atoms with E-state index >= 15 is 0 Å². The Balaban J connectivity index is 1.58. The van der Waals surface area contributed by atoms with Crippen LogP contribution >= 0.6 is 0 Å². The maximum Gasteiger partial charge on any atom is 0.249 e. The lowest BCUT2D eigenvalue weighted by atomic mass is 10.0. The number of aromatic nitrogens is 3. The minimum atomic E-state index is -1.03.